The minimum Gasteiger partial charge on any atom is -0.493 e. The number of carboxylic acid groups (broad SMARTS) is 1. The average Bonchev–Trinajstić information content (AvgIpc) is 3.07. The number of carboxylic acids is 1. The van der Waals surface area contributed by atoms with E-state index in [9.17, 15) is 27.9 Å². The molecule has 1 aromatic rings. The number of alkyl halides is 3. The monoisotopic (exact) mass is 391 g/mol. The number of methoxy groups -OCH3 is 1. The van der Waals surface area contributed by atoms with Gasteiger partial charge in [0.2, 0.25) is 5.91 Å². The zero-order valence-corrected chi connectivity index (χ0v) is 14.6. The van der Waals surface area contributed by atoms with Gasteiger partial charge in [-0.2, -0.15) is 13.2 Å². The van der Waals surface area contributed by atoms with E-state index in [0.29, 0.717) is 5.56 Å². The van der Waals surface area contributed by atoms with E-state index < -0.39 is 30.2 Å². The molecule has 1 unspecified atom stereocenters. The molecule has 2 N–H and O–H groups in total. The number of aliphatic carboxylic acids is 1. The largest absolute Gasteiger partial charge is 0.493 e. The summed E-state index contributed by atoms with van der Waals surface area (Å²) in [7, 11) is 1.29. The summed E-state index contributed by atoms with van der Waals surface area (Å²) in [4.78, 5) is 23.5. The molecule has 27 heavy (non-hydrogen) atoms. The molecule has 10 heteroatoms. The van der Waals surface area contributed by atoms with Crippen LogP contribution in [0.2, 0.25) is 0 Å². The van der Waals surface area contributed by atoms with Gasteiger partial charge in [0, 0.05) is 19.4 Å². The first kappa shape index (κ1) is 20.8. The van der Waals surface area contributed by atoms with Crippen LogP contribution in [0.5, 0.6) is 11.5 Å². The van der Waals surface area contributed by atoms with Gasteiger partial charge < -0.3 is 24.6 Å². The summed E-state index contributed by atoms with van der Waals surface area (Å²) in [5, 5.41) is 11.8. The second-order valence-electron chi connectivity index (χ2n) is 6.13. The van der Waals surface area contributed by atoms with Crippen LogP contribution in [0, 0.1) is 0 Å². The molecule has 150 valence electrons. The molecule has 2 rings (SSSR count). The van der Waals surface area contributed by atoms with Crippen molar-refractivity contribution in [3.63, 3.8) is 0 Å². The Labute approximate surface area is 153 Å². The van der Waals surface area contributed by atoms with Gasteiger partial charge in [0.1, 0.15) is 0 Å². The fraction of sp³-hybridized carbons (Fsp3) is 0.529. The lowest BCUT2D eigenvalue weighted by Gasteiger charge is -2.23. The van der Waals surface area contributed by atoms with Gasteiger partial charge in [0.05, 0.1) is 13.7 Å². The summed E-state index contributed by atoms with van der Waals surface area (Å²) in [6.45, 7) is -1.28. The van der Waals surface area contributed by atoms with Crippen LogP contribution in [0.15, 0.2) is 18.2 Å². The molecule has 1 saturated heterocycles. The highest BCUT2D eigenvalue weighted by molar-refractivity contribution is 5.87. The summed E-state index contributed by atoms with van der Waals surface area (Å²) in [5.41, 5.74) is -0.780. The SMILES string of the molecule is COc1cc(CCC(=O)NC2(C(=O)O)CCOC2)ccc1OCC(F)(F)F. The second kappa shape index (κ2) is 8.47. The van der Waals surface area contributed by atoms with Gasteiger partial charge in [-0.1, -0.05) is 6.07 Å². The van der Waals surface area contributed by atoms with Gasteiger partial charge in [-0.05, 0) is 24.1 Å². The van der Waals surface area contributed by atoms with Crippen molar-refractivity contribution in [2.24, 2.45) is 0 Å². The number of hydrogen-bond acceptors (Lipinski definition) is 5. The highest BCUT2D eigenvalue weighted by Gasteiger charge is 2.43. The number of benzene rings is 1. The molecule has 1 heterocycles. The normalized spacial score (nSPS) is 19.6. The topological polar surface area (TPSA) is 94.1 Å². The third-order valence-electron chi connectivity index (χ3n) is 4.07. The van der Waals surface area contributed by atoms with Crippen molar-refractivity contribution in [2.75, 3.05) is 26.9 Å². The third kappa shape index (κ3) is 5.75. The van der Waals surface area contributed by atoms with Gasteiger partial charge in [-0.3, -0.25) is 4.79 Å². The fourth-order valence-electron chi connectivity index (χ4n) is 2.62. The van der Waals surface area contributed by atoms with Crippen molar-refractivity contribution in [1.29, 1.82) is 0 Å². The minimum absolute atomic E-state index is 0.000932. The van der Waals surface area contributed by atoms with Gasteiger partial charge in [-0.25, -0.2) is 4.79 Å². The van der Waals surface area contributed by atoms with Gasteiger partial charge >= 0.3 is 12.1 Å². The van der Waals surface area contributed by atoms with E-state index in [2.05, 4.69) is 5.32 Å². The molecule has 1 aliphatic rings. The van der Waals surface area contributed by atoms with Crippen LogP contribution in [0.3, 0.4) is 0 Å². The molecular weight excluding hydrogens is 371 g/mol. The molecule has 0 bridgehead atoms. The number of carbonyl (C=O) groups excluding carboxylic acids is 1. The van der Waals surface area contributed by atoms with E-state index in [0.717, 1.165) is 0 Å². The van der Waals surface area contributed by atoms with Crippen LogP contribution in [0.25, 0.3) is 0 Å². The predicted molar refractivity (Wildman–Crippen MR) is 86.8 cm³/mol. The fourth-order valence-corrected chi connectivity index (χ4v) is 2.62. The Morgan fingerprint density at radius 3 is 2.63 bits per heavy atom. The highest BCUT2D eigenvalue weighted by Crippen LogP contribution is 2.30. The Bertz CT molecular complexity index is 686. The molecule has 1 aliphatic heterocycles. The summed E-state index contributed by atoms with van der Waals surface area (Å²) in [6.07, 6.45) is -4.03. The summed E-state index contributed by atoms with van der Waals surface area (Å²) < 4.78 is 51.6. The van der Waals surface area contributed by atoms with E-state index >= 15 is 0 Å². The summed E-state index contributed by atoms with van der Waals surface area (Å²) >= 11 is 0. The number of halogens is 3. The molecular formula is C17H20F3NO6. The first-order chi connectivity index (χ1) is 12.6. The molecule has 0 spiro atoms. The van der Waals surface area contributed by atoms with Gasteiger partial charge in [-0.15, -0.1) is 0 Å². The number of aryl methyl sites for hydroxylation is 1. The van der Waals surface area contributed by atoms with E-state index in [1.165, 1.54) is 25.3 Å². The van der Waals surface area contributed by atoms with E-state index in [1.54, 1.807) is 0 Å². The maximum Gasteiger partial charge on any atom is 0.422 e. The van der Waals surface area contributed by atoms with E-state index in [1.807, 2.05) is 0 Å². The van der Waals surface area contributed by atoms with E-state index in [-0.39, 0.29) is 44.0 Å². The molecule has 1 amide bonds. The Kier molecular flexibility index (Phi) is 6.53. The van der Waals surface area contributed by atoms with Crippen molar-refractivity contribution in [1.82, 2.24) is 5.32 Å². The lowest BCUT2D eigenvalue weighted by Crippen LogP contribution is -2.55. The van der Waals surface area contributed by atoms with Gasteiger partial charge in [0.25, 0.3) is 0 Å². The van der Waals surface area contributed by atoms with Crippen molar-refractivity contribution in [3.05, 3.63) is 23.8 Å². The third-order valence-corrected chi connectivity index (χ3v) is 4.07. The number of rotatable bonds is 8. The lowest BCUT2D eigenvalue weighted by atomic mass is 9.98. The highest BCUT2D eigenvalue weighted by atomic mass is 19.4. The van der Waals surface area contributed by atoms with Crippen LogP contribution in [-0.4, -0.2) is 55.6 Å². The number of carbonyl (C=O) groups is 2. The van der Waals surface area contributed by atoms with Crippen molar-refractivity contribution in [3.8, 4) is 11.5 Å². The number of amides is 1. The summed E-state index contributed by atoms with van der Waals surface area (Å²) in [6, 6.07) is 4.33. The lowest BCUT2D eigenvalue weighted by molar-refractivity contribution is -0.153. The van der Waals surface area contributed by atoms with Gasteiger partial charge in [0.15, 0.2) is 23.6 Å². The van der Waals surface area contributed by atoms with Crippen molar-refractivity contribution < 1.29 is 42.1 Å². The quantitative estimate of drug-likeness (QED) is 0.703. The standard InChI is InChI=1S/C17H20F3NO6/c1-25-13-8-11(2-4-12(13)27-10-17(18,19)20)3-5-14(22)21-16(15(23)24)6-7-26-9-16/h2,4,8H,3,5-7,9-10H2,1H3,(H,21,22)(H,23,24). The Balaban J connectivity index is 1.95. The maximum atomic E-state index is 12.3. The second-order valence-corrected chi connectivity index (χ2v) is 6.13. The zero-order chi connectivity index (χ0) is 20.1. The van der Waals surface area contributed by atoms with Crippen molar-refractivity contribution in [2.45, 2.75) is 31.0 Å². The minimum atomic E-state index is -4.47. The predicted octanol–water partition coefficient (Wildman–Crippen LogP) is 1.93. The molecule has 7 nitrogen and oxygen atoms in total. The zero-order valence-electron chi connectivity index (χ0n) is 14.6. The average molecular weight is 391 g/mol. The smallest absolute Gasteiger partial charge is 0.422 e. The number of nitrogens with one attached hydrogen (secondary N) is 1. The maximum absolute atomic E-state index is 12.3. The van der Waals surface area contributed by atoms with E-state index in [4.69, 9.17) is 14.2 Å². The first-order valence-electron chi connectivity index (χ1n) is 8.14. The van der Waals surface area contributed by atoms with Crippen LogP contribution < -0.4 is 14.8 Å². The molecule has 0 aromatic heterocycles. The molecule has 0 aliphatic carbocycles. The molecule has 0 radical (unpaired) electrons. The van der Waals surface area contributed by atoms with Crippen LogP contribution in [-0.2, 0) is 20.7 Å². The summed E-state index contributed by atoms with van der Waals surface area (Å²) in [5.74, 6) is -1.56. The van der Waals surface area contributed by atoms with Crippen LogP contribution in [0.4, 0.5) is 13.2 Å². The molecule has 0 saturated carbocycles. The van der Waals surface area contributed by atoms with Crippen LogP contribution in [0.1, 0.15) is 18.4 Å². The first-order valence-corrected chi connectivity index (χ1v) is 8.14. The number of hydrogen-bond donors (Lipinski definition) is 2. The van der Waals surface area contributed by atoms with Crippen LogP contribution >= 0.6 is 0 Å². The molecule has 1 fully saturated rings. The molecule has 1 atom stereocenters. The number of ether oxygens (including phenoxy) is 3. The Hall–Kier alpha value is -2.49. The van der Waals surface area contributed by atoms with Crippen molar-refractivity contribution >= 4 is 11.9 Å². The Morgan fingerprint density at radius 2 is 2.07 bits per heavy atom. The molecule has 1 aromatic carbocycles. The Morgan fingerprint density at radius 1 is 1.33 bits per heavy atom.